The van der Waals surface area contributed by atoms with Gasteiger partial charge in [-0.15, -0.1) is 0 Å². The van der Waals surface area contributed by atoms with E-state index in [2.05, 4.69) is 29.2 Å². The molecule has 1 aliphatic carbocycles. The van der Waals surface area contributed by atoms with Crippen LogP contribution in [0.3, 0.4) is 0 Å². The van der Waals surface area contributed by atoms with Crippen LogP contribution in [0.4, 0.5) is 0 Å². The van der Waals surface area contributed by atoms with E-state index in [1.54, 1.807) is 0 Å². The van der Waals surface area contributed by atoms with Gasteiger partial charge in [0.1, 0.15) is 5.60 Å². The highest BCUT2D eigenvalue weighted by Gasteiger charge is 2.54. The second-order valence-electron chi connectivity index (χ2n) is 7.91. The van der Waals surface area contributed by atoms with Crippen molar-refractivity contribution in [3.8, 4) is 0 Å². The molecular formula is C21H28N2O3. The van der Waals surface area contributed by atoms with E-state index in [1.807, 2.05) is 11.0 Å². The molecule has 4 rings (SSSR count). The molecule has 1 unspecified atom stereocenters. The molecule has 1 aromatic rings. The first-order valence-corrected chi connectivity index (χ1v) is 9.93. The van der Waals surface area contributed by atoms with Gasteiger partial charge < -0.3 is 9.64 Å². The lowest BCUT2D eigenvalue weighted by Crippen LogP contribution is -2.53. The smallest absolute Gasteiger partial charge is 0.307 e. The van der Waals surface area contributed by atoms with Crippen LogP contribution in [0.15, 0.2) is 30.3 Å². The van der Waals surface area contributed by atoms with Crippen molar-refractivity contribution in [2.24, 2.45) is 5.92 Å². The minimum atomic E-state index is -0.487. The zero-order valence-electron chi connectivity index (χ0n) is 15.4. The number of nitrogens with zero attached hydrogens (tertiary/aromatic N) is 2. The predicted octanol–water partition coefficient (Wildman–Crippen LogP) is 2.25. The maximum absolute atomic E-state index is 13.1. The predicted molar refractivity (Wildman–Crippen MR) is 98.6 cm³/mol. The number of esters is 1. The van der Waals surface area contributed by atoms with E-state index in [0.29, 0.717) is 0 Å². The van der Waals surface area contributed by atoms with Crippen LogP contribution >= 0.6 is 0 Å². The number of hydrogen-bond acceptors (Lipinski definition) is 4. The second-order valence-corrected chi connectivity index (χ2v) is 7.91. The summed E-state index contributed by atoms with van der Waals surface area (Å²) in [7, 11) is 0. The van der Waals surface area contributed by atoms with Crippen molar-refractivity contribution in [1.82, 2.24) is 9.80 Å². The van der Waals surface area contributed by atoms with Crippen molar-refractivity contribution in [2.45, 2.75) is 44.1 Å². The Morgan fingerprint density at radius 3 is 2.46 bits per heavy atom. The molecule has 1 aromatic carbocycles. The van der Waals surface area contributed by atoms with E-state index in [0.717, 1.165) is 64.8 Å². The molecule has 1 spiro atoms. The first kappa shape index (κ1) is 17.5. The van der Waals surface area contributed by atoms with Gasteiger partial charge in [-0.05, 0) is 37.7 Å². The van der Waals surface area contributed by atoms with Gasteiger partial charge in [0, 0.05) is 32.7 Å². The number of rotatable bonds is 4. The van der Waals surface area contributed by atoms with Crippen molar-refractivity contribution in [3.63, 3.8) is 0 Å². The Morgan fingerprint density at radius 2 is 1.77 bits per heavy atom. The maximum atomic E-state index is 13.1. The fourth-order valence-corrected chi connectivity index (χ4v) is 4.77. The number of hydrogen-bond donors (Lipinski definition) is 0. The first-order chi connectivity index (χ1) is 12.7. The highest BCUT2D eigenvalue weighted by atomic mass is 16.6. The maximum Gasteiger partial charge on any atom is 0.307 e. The molecule has 0 radical (unpaired) electrons. The highest BCUT2D eigenvalue weighted by Crippen LogP contribution is 2.46. The van der Waals surface area contributed by atoms with Crippen LogP contribution < -0.4 is 0 Å². The second kappa shape index (κ2) is 7.39. The average Bonchev–Trinajstić information content (AvgIpc) is 3.27. The quantitative estimate of drug-likeness (QED) is 0.777. The van der Waals surface area contributed by atoms with Gasteiger partial charge in [-0.25, -0.2) is 0 Å². The van der Waals surface area contributed by atoms with Gasteiger partial charge in [-0.2, -0.15) is 0 Å². The molecule has 3 fully saturated rings. The summed E-state index contributed by atoms with van der Waals surface area (Å²) in [6, 6.07) is 10.5. The number of carbonyl (C=O) groups is 2. The fourth-order valence-electron chi connectivity index (χ4n) is 4.77. The Hall–Kier alpha value is -1.88. The van der Waals surface area contributed by atoms with Crippen molar-refractivity contribution in [3.05, 3.63) is 35.9 Å². The van der Waals surface area contributed by atoms with E-state index in [1.165, 1.54) is 5.56 Å². The normalized spacial score (nSPS) is 25.6. The summed E-state index contributed by atoms with van der Waals surface area (Å²) in [4.78, 5) is 29.3. The third-order valence-electron chi connectivity index (χ3n) is 6.31. The Morgan fingerprint density at radius 1 is 1.08 bits per heavy atom. The lowest BCUT2D eigenvalue weighted by molar-refractivity contribution is -0.152. The molecule has 5 nitrogen and oxygen atoms in total. The molecular weight excluding hydrogens is 328 g/mol. The monoisotopic (exact) mass is 356 g/mol. The Kier molecular flexibility index (Phi) is 4.98. The number of carbonyl (C=O) groups excluding carboxylic acids is 2. The van der Waals surface area contributed by atoms with Gasteiger partial charge in [0.15, 0.2) is 0 Å². The van der Waals surface area contributed by atoms with E-state index in [9.17, 15) is 9.59 Å². The molecule has 2 heterocycles. The molecule has 5 heteroatoms. The molecule has 26 heavy (non-hydrogen) atoms. The molecule has 1 saturated carbocycles. The van der Waals surface area contributed by atoms with E-state index in [4.69, 9.17) is 4.74 Å². The van der Waals surface area contributed by atoms with Gasteiger partial charge in [0.2, 0.25) is 5.91 Å². The first-order valence-electron chi connectivity index (χ1n) is 9.93. The molecule has 2 saturated heterocycles. The van der Waals surface area contributed by atoms with Crippen LogP contribution in [-0.2, 0) is 20.7 Å². The van der Waals surface area contributed by atoms with Crippen LogP contribution in [0.1, 0.15) is 37.7 Å². The number of benzene rings is 1. The minimum Gasteiger partial charge on any atom is -0.458 e. The van der Waals surface area contributed by atoms with Crippen molar-refractivity contribution < 1.29 is 14.3 Å². The largest absolute Gasteiger partial charge is 0.458 e. The Labute approximate surface area is 155 Å². The summed E-state index contributed by atoms with van der Waals surface area (Å²) in [6.07, 6.45) is 5.14. The Balaban J connectivity index is 1.30. The summed E-state index contributed by atoms with van der Waals surface area (Å²) in [5, 5.41) is 0. The third-order valence-corrected chi connectivity index (χ3v) is 6.31. The van der Waals surface area contributed by atoms with Gasteiger partial charge in [-0.3, -0.25) is 14.5 Å². The van der Waals surface area contributed by atoms with Crippen molar-refractivity contribution in [1.29, 1.82) is 0 Å². The van der Waals surface area contributed by atoms with Gasteiger partial charge in [0.05, 0.1) is 12.3 Å². The highest BCUT2D eigenvalue weighted by molar-refractivity contribution is 5.88. The van der Waals surface area contributed by atoms with E-state index >= 15 is 0 Å². The van der Waals surface area contributed by atoms with Crippen LogP contribution in [-0.4, -0.2) is 60.0 Å². The molecule has 3 aliphatic rings. The number of amides is 1. The average molecular weight is 356 g/mol. The standard InChI is InChI=1S/C21H28N2O3/c24-19-16-18(21(26-19)9-4-5-10-21)20(25)23-14-12-22(13-15-23)11-8-17-6-2-1-3-7-17/h1-3,6-7,18H,4-5,8-16H2. The van der Waals surface area contributed by atoms with E-state index < -0.39 is 5.60 Å². The molecule has 0 aromatic heterocycles. The molecule has 1 amide bonds. The molecule has 140 valence electrons. The lowest BCUT2D eigenvalue weighted by Gasteiger charge is -2.38. The van der Waals surface area contributed by atoms with Gasteiger partial charge in [-0.1, -0.05) is 30.3 Å². The van der Waals surface area contributed by atoms with Crippen LogP contribution in [0, 0.1) is 5.92 Å². The summed E-state index contributed by atoms with van der Waals surface area (Å²) in [6.45, 7) is 4.37. The molecule has 0 N–H and O–H groups in total. The molecule has 0 bridgehead atoms. The SMILES string of the molecule is O=C1CC(C(=O)N2CCN(CCc3ccccc3)CC2)C2(CCCC2)O1. The summed E-state index contributed by atoms with van der Waals surface area (Å²) < 4.78 is 5.65. The van der Waals surface area contributed by atoms with Gasteiger partial charge >= 0.3 is 5.97 Å². The third kappa shape index (κ3) is 3.50. The van der Waals surface area contributed by atoms with E-state index in [-0.39, 0.29) is 24.2 Å². The minimum absolute atomic E-state index is 0.139. The lowest BCUT2D eigenvalue weighted by atomic mass is 9.84. The topological polar surface area (TPSA) is 49.9 Å². The fraction of sp³-hybridized carbons (Fsp3) is 0.619. The summed E-state index contributed by atoms with van der Waals surface area (Å²) in [5.74, 6) is -0.305. The Bertz CT molecular complexity index is 646. The number of piperazine rings is 1. The van der Waals surface area contributed by atoms with Crippen LogP contribution in [0.2, 0.25) is 0 Å². The molecule has 1 atom stereocenters. The van der Waals surface area contributed by atoms with Crippen molar-refractivity contribution in [2.75, 3.05) is 32.7 Å². The zero-order chi connectivity index (χ0) is 18.0. The van der Waals surface area contributed by atoms with Crippen LogP contribution in [0.5, 0.6) is 0 Å². The summed E-state index contributed by atoms with van der Waals surface area (Å²) in [5.41, 5.74) is 0.870. The summed E-state index contributed by atoms with van der Waals surface area (Å²) >= 11 is 0. The van der Waals surface area contributed by atoms with Gasteiger partial charge in [0.25, 0.3) is 0 Å². The zero-order valence-corrected chi connectivity index (χ0v) is 15.4. The number of ether oxygens (including phenoxy) is 1. The van der Waals surface area contributed by atoms with Crippen molar-refractivity contribution >= 4 is 11.9 Å². The van der Waals surface area contributed by atoms with Crippen LogP contribution in [0.25, 0.3) is 0 Å². The molecule has 2 aliphatic heterocycles.